The Morgan fingerprint density at radius 2 is 2.04 bits per heavy atom. The number of carbonyl (C=O) groups excluding carboxylic acids is 1. The molecule has 0 bridgehead atoms. The second kappa shape index (κ2) is 7.14. The first-order valence-electron chi connectivity index (χ1n) is 7.19. The Morgan fingerprint density at radius 3 is 2.79 bits per heavy atom. The van der Waals surface area contributed by atoms with Crippen molar-refractivity contribution in [3.63, 3.8) is 0 Å². The van der Waals surface area contributed by atoms with Gasteiger partial charge in [-0.3, -0.25) is 10.1 Å². The molecule has 3 rings (SSSR count). The van der Waals surface area contributed by atoms with Crippen LogP contribution in [0.5, 0.6) is 5.75 Å². The third-order valence-electron chi connectivity index (χ3n) is 3.13. The molecule has 1 amide bonds. The van der Waals surface area contributed by atoms with Gasteiger partial charge in [-0.2, -0.15) is 4.98 Å². The van der Waals surface area contributed by atoms with Gasteiger partial charge in [0.1, 0.15) is 5.75 Å². The van der Waals surface area contributed by atoms with Gasteiger partial charge >= 0.3 is 0 Å². The molecule has 24 heavy (non-hydrogen) atoms. The predicted molar refractivity (Wildman–Crippen MR) is 90.0 cm³/mol. The Labute approximate surface area is 143 Å². The minimum Gasteiger partial charge on any atom is -0.484 e. The highest BCUT2D eigenvalue weighted by atomic mass is 35.5. The first kappa shape index (κ1) is 16.0. The number of ether oxygens (including phenoxy) is 1. The number of nitrogens with one attached hydrogen (secondary N) is 1. The van der Waals surface area contributed by atoms with Crippen LogP contribution in [-0.4, -0.2) is 22.7 Å². The lowest BCUT2D eigenvalue weighted by Gasteiger charge is -2.05. The molecule has 1 aromatic heterocycles. The minimum atomic E-state index is -0.375. The zero-order chi connectivity index (χ0) is 16.9. The molecule has 0 atom stereocenters. The van der Waals surface area contributed by atoms with Crippen molar-refractivity contribution in [2.24, 2.45) is 0 Å². The fourth-order valence-corrected chi connectivity index (χ4v) is 2.12. The van der Waals surface area contributed by atoms with E-state index in [4.69, 9.17) is 20.9 Å². The zero-order valence-corrected chi connectivity index (χ0v) is 13.6. The van der Waals surface area contributed by atoms with Crippen LogP contribution in [0.2, 0.25) is 5.02 Å². The van der Waals surface area contributed by atoms with Crippen molar-refractivity contribution in [3.8, 4) is 17.2 Å². The third kappa shape index (κ3) is 4.11. The van der Waals surface area contributed by atoms with E-state index in [1.165, 1.54) is 0 Å². The van der Waals surface area contributed by atoms with E-state index in [0.717, 1.165) is 5.56 Å². The molecule has 2 aromatic carbocycles. The molecule has 122 valence electrons. The molecular weight excluding hydrogens is 330 g/mol. The number of anilines is 1. The smallest absolute Gasteiger partial charge is 0.270 e. The number of benzene rings is 2. The molecule has 0 saturated carbocycles. The van der Waals surface area contributed by atoms with Gasteiger partial charge in [-0.05, 0) is 54.0 Å². The largest absolute Gasteiger partial charge is 0.484 e. The summed E-state index contributed by atoms with van der Waals surface area (Å²) in [7, 11) is 0. The first-order valence-corrected chi connectivity index (χ1v) is 7.57. The van der Waals surface area contributed by atoms with Crippen molar-refractivity contribution in [1.29, 1.82) is 0 Å². The molecule has 0 saturated heterocycles. The van der Waals surface area contributed by atoms with Gasteiger partial charge < -0.3 is 9.26 Å². The fraction of sp³-hybridized carbons (Fsp3) is 0.118. The Bertz CT molecular complexity index is 846. The average Bonchev–Trinajstić information content (AvgIpc) is 3.02. The second-order valence-electron chi connectivity index (χ2n) is 5.08. The van der Waals surface area contributed by atoms with E-state index >= 15 is 0 Å². The van der Waals surface area contributed by atoms with Gasteiger partial charge in [-0.1, -0.05) is 23.7 Å². The Morgan fingerprint density at radius 1 is 1.25 bits per heavy atom. The number of aryl methyl sites for hydroxylation is 1. The molecule has 0 aliphatic rings. The average molecular weight is 344 g/mol. The van der Waals surface area contributed by atoms with E-state index in [2.05, 4.69) is 15.5 Å². The number of rotatable bonds is 5. The molecule has 0 radical (unpaired) electrons. The highest BCUT2D eigenvalue weighted by molar-refractivity contribution is 6.30. The topological polar surface area (TPSA) is 77.2 Å². The van der Waals surface area contributed by atoms with Crippen molar-refractivity contribution < 1.29 is 14.1 Å². The number of hydrogen-bond acceptors (Lipinski definition) is 5. The maximum atomic E-state index is 11.9. The van der Waals surface area contributed by atoms with Crippen LogP contribution in [0.15, 0.2) is 53.1 Å². The van der Waals surface area contributed by atoms with Crippen LogP contribution in [0.25, 0.3) is 11.5 Å². The maximum Gasteiger partial charge on any atom is 0.270 e. The molecule has 0 aliphatic heterocycles. The second-order valence-corrected chi connectivity index (χ2v) is 5.52. The predicted octanol–water partition coefficient (Wildman–Crippen LogP) is 3.72. The van der Waals surface area contributed by atoms with Crippen LogP contribution in [0.4, 0.5) is 5.95 Å². The quantitative estimate of drug-likeness (QED) is 0.764. The number of amides is 1. The van der Waals surface area contributed by atoms with Crippen molar-refractivity contribution in [2.45, 2.75) is 6.92 Å². The summed E-state index contributed by atoms with van der Waals surface area (Å²) in [5.41, 5.74) is 1.77. The summed E-state index contributed by atoms with van der Waals surface area (Å²) >= 11 is 5.83. The summed E-state index contributed by atoms with van der Waals surface area (Å²) < 4.78 is 10.5. The lowest BCUT2D eigenvalue weighted by molar-refractivity contribution is -0.118. The maximum absolute atomic E-state index is 11.9. The van der Waals surface area contributed by atoms with Crippen molar-refractivity contribution in [2.75, 3.05) is 11.9 Å². The normalized spacial score (nSPS) is 10.4. The number of carbonyl (C=O) groups is 1. The summed E-state index contributed by atoms with van der Waals surface area (Å²) in [6, 6.07) is 14.4. The molecule has 0 fully saturated rings. The number of nitrogens with zero attached hydrogens (tertiary/aromatic N) is 2. The van der Waals surface area contributed by atoms with Crippen LogP contribution < -0.4 is 10.1 Å². The lowest BCUT2D eigenvalue weighted by atomic mass is 10.2. The van der Waals surface area contributed by atoms with Gasteiger partial charge in [0.25, 0.3) is 17.7 Å². The van der Waals surface area contributed by atoms with Crippen molar-refractivity contribution in [1.82, 2.24) is 10.1 Å². The monoisotopic (exact) mass is 343 g/mol. The molecule has 0 aliphatic carbocycles. The number of hydrogen-bond donors (Lipinski definition) is 1. The summed E-state index contributed by atoms with van der Waals surface area (Å²) in [5.74, 6) is 0.624. The Balaban J connectivity index is 1.58. The van der Waals surface area contributed by atoms with Gasteiger partial charge in [0.2, 0.25) is 0 Å². The van der Waals surface area contributed by atoms with Crippen LogP contribution in [0.3, 0.4) is 0 Å². The fourth-order valence-electron chi connectivity index (χ4n) is 2.00. The van der Waals surface area contributed by atoms with Gasteiger partial charge in [0.15, 0.2) is 6.61 Å². The standard InChI is InChI=1S/C17H14ClN3O3/c1-11-3-2-4-14(9-11)23-10-15(22)19-17-20-16(24-21-17)12-5-7-13(18)8-6-12/h2-9H,10H2,1H3,(H,19,21,22). The molecule has 7 heteroatoms. The summed E-state index contributed by atoms with van der Waals surface area (Å²) in [6.07, 6.45) is 0. The summed E-state index contributed by atoms with van der Waals surface area (Å²) in [4.78, 5) is 16.0. The molecule has 0 unspecified atom stereocenters. The van der Waals surface area contributed by atoms with Crippen LogP contribution in [0.1, 0.15) is 5.56 Å². The number of halogens is 1. The van der Waals surface area contributed by atoms with Crippen LogP contribution in [-0.2, 0) is 4.79 Å². The zero-order valence-electron chi connectivity index (χ0n) is 12.8. The van der Waals surface area contributed by atoms with Crippen LogP contribution in [0, 0.1) is 6.92 Å². The van der Waals surface area contributed by atoms with E-state index in [0.29, 0.717) is 22.2 Å². The third-order valence-corrected chi connectivity index (χ3v) is 3.38. The van der Waals surface area contributed by atoms with Gasteiger partial charge in [0.05, 0.1) is 0 Å². The first-order chi connectivity index (χ1) is 11.6. The highest BCUT2D eigenvalue weighted by Gasteiger charge is 2.12. The minimum absolute atomic E-state index is 0.0813. The van der Waals surface area contributed by atoms with E-state index in [1.54, 1.807) is 30.3 Å². The van der Waals surface area contributed by atoms with Crippen LogP contribution >= 0.6 is 11.6 Å². The molecule has 1 N–H and O–H groups in total. The van der Waals surface area contributed by atoms with Crippen molar-refractivity contribution in [3.05, 3.63) is 59.1 Å². The van der Waals surface area contributed by atoms with E-state index < -0.39 is 0 Å². The molecule has 1 heterocycles. The summed E-state index contributed by atoms with van der Waals surface area (Å²) in [6.45, 7) is 1.80. The lowest BCUT2D eigenvalue weighted by Crippen LogP contribution is -2.20. The Hall–Kier alpha value is -2.86. The van der Waals surface area contributed by atoms with Gasteiger partial charge in [-0.25, -0.2) is 0 Å². The van der Waals surface area contributed by atoms with Gasteiger partial charge in [-0.15, -0.1) is 0 Å². The summed E-state index contributed by atoms with van der Waals surface area (Å²) in [5, 5.41) is 6.85. The van der Waals surface area contributed by atoms with E-state index in [1.807, 2.05) is 25.1 Å². The van der Waals surface area contributed by atoms with Gasteiger partial charge in [0, 0.05) is 10.6 Å². The molecular formula is C17H14ClN3O3. The van der Waals surface area contributed by atoms with E-state index in [-0.39, 0.29) is 18.5 Å². The molecule has 6 nitrogen and oxygen atoms in total. The molecule has 3 aromatic rings. The number of aromatic nitrogens is 2. The van der Waals surface area contributed by atoms with Crippen molar-refractivity contribution >= 4 is 23.5 Å². The Kier molecular flexibility index (Phi) is 4.77. The molecule has 0 spiro atoms. The van der Waals surface area contributed by atoms with E-state index in [9.17, 15) is 4.79 Å². The highest BCUT2D eigenvalue weighted by Crippen LogP contribution is 2.20. The SMILES string of the molecule is Cc1cccc(OCC(=O)Nc2noc(-c3ccc(Cl)cc3)n2)c1.